The fraction of sp³-hybridized carbons (Fsp3) is 0.647. The van der Waals surface area contributed by atoms with Crippen molar-refractivity contribution in [1.29, 1.82) is 0 Å². The Hall–Kier alpha value is -0.900. The number of hydrogen-bond donors (Lipinski definition) is 0. The first-order chi connectivity index (χ1) is 12.4. The Morgan fingerprint density at radius 3 is 2.04 bits per heavy atom. The minimum atomic E-state index is -3.33. The van der Waals surface area contributed by atoms with Gasteiger partial charge in [-0.15, -0.1) is 0 Å². The molecule has 2 aliphatic heterocycles. The molecule has 2 saturated heterocycles. The smallest absolute Gasteiger partial charge is 0.282 e. The van der Waals surface area contributed by atoms with Gasteiger partial charge >= 0.3 is 0 Å². The first-order valence-electron chi connectivity index (χ1n) is 8.99. The van der Waals surface area contributed by atoms with Crippen LogP contribution < -0.4 is 4.74 Å². The van der Waals surface area contributed by atoms with Gasteiger partial charge in [0.15, 0.2) is 0 Å². The van der Waals surface area contributed by atoms with Crippen molar-refractivity contribution in [3.05, 3.63) is 29.3 Å². The number of benzene rings is 1. The molecule has 0 N–H and O–H groups in total. The summed E-state index contributed by atoms with van der Waals surface area (Å²) in [6.45, 7) is 6.64. The van der Waals surface area contributed by atoms with Gasteiger partial charge in [-0.1, -0.05) is 11.6 Å². The molecule has 0 atom stereocenters. The van der Waals surface area contributed by atoms with Crippen LogP contribution in [0.15, 0.2) is 24.3 Å². The molecule has 0 aliphatic carbocycles. The lowest BCUT2D eigenvalue weighted by Crippen LogP contribution is -2.56. The quantitative estimate of drug-likeness (QED) is 0.705. The number of likely N-dealkylation sites (N-methyl/N-ethyl adjacent to an activating group) is 1. The maximum Gasteiger partial charge on any atom is 0.282 e. The van der Waals surface area contributed by atoms with Crippen LogP contribution >= 0.6 is 11.6 Å². The molecule has 0 unspecified atom stereocenters. The first-order valence-corrected chi connectivity index (χ1v) is 10.8. The van der Waals surface area contributed by atoms with Gasteiger partial charge in [-0.3, -0.25) is 4.90 Å². The average molecular weight is 403 g/mol. The van der Waals surface area contributed by atoms with Crippen molar-refractivity contribution in [2.75, 3.05) is 72.6 Å². The Bertz CT molecular complexity index is 670. The summed E-state index contributed by atoms with van der Waals surface area (Å²) in [6, 6.07) is 7.31. The molecule has 7 nitrogen and oxygen atoms in total. The van der Waals surface area contributed by atoms with Crippen molar-refractivity contribution in [2.45, 2.75) is 0 Å². The van der Waals surface area contributed by atoms with Crippen LogP contribution in [0.2, 0.25) is 5.02 Å². The van der Waals surface area contributed by atoms with E-state index in [1.54, 1.807) is 20.7 Å². The normalized spacial score (nSPS) is 21.8. The van der Waals surface area contributed by atoms with Crippen molar-refractivity contribution in [2.24, 2.45) is 0 Å². The van der Waals surface area contributed by atoms with E-state index in [1.165, 1.54) is 0 Å². The third kappa shape index (κ3) is 5.09. The van der Waals surface area contributed by atoms with Gasteiger partial charge in [0.1, 0.15) is 12.4 Å². The van der Waals surface area contributed by atoms with Crippen molar-refractivity contribution in [1.82, 2.24) is 18.4 Å². The maximum atomic E-state index is 12.8. The lowest BCUT2D eigenvalue weighted by Gasteiger charge is -2.39. The lowest BCUT2D eigenvalue weighted by molar-refractivity contribution is 0.149. The molecule has 9 heteroatoms. The molecule has 1 aromatic carbocycles. The molecule has 0 aromatic heterocycles. The Morgan fingerprint density at radius 1 is 0.923 bits per heavy atom. The SMILES string of the molecule is CN1CCN(S(=O)(=O)N2CCN(CCOc3ccc(Cl)cc3)CC2)CC1. The minimum Gasteiger partial charge on any atom is -0.492 e. The van der Waals surface area contributed by atoms with Gasteiger partial charge in [0.2, 0.25) is 0 Å². The monoisotopic (exact) mass is 402 g/mol. The Balaban J connectivity index is 1.41. The second kappa shape index (κ2) is 8.86. The number of nitrogens with zero attached hydrogens (tertiary/aromatic N) is 4. The second-order valence-electron chi connectivity index (χ2n) is 6.75. The van der Waals surface area contributed by atoms with E-state index >= 15 is 0 Å². The molecule has 2 heterocycles. The van der Waals surface area contributed by atoms with Gasteiger partial charge in [-0.05, 0) is 31.3 Å². The topological polar surface area (TPSA) is 56.3 Å². The van der Waals surface area contributed by atoms with Gasteiger partial charge in [-0.2, -0.15) is 17.0 Å². The molecular weight excluding hydrogens is 376 g/mol. The van der Waals surface area contributed by atoms with E-state index in [1.807, 2.05) is 19.2 Å². The van der Waals surface area contributed by atoms with E-state index in [2.05, 4.69) is 9.80 Å². The van der Waals surface area contributed by atoms with Crippen LogP contribution in [0.5, 0.6) is 5.75 Å². The zero-order valence-electron chi connectivity index (χ0n) is 15.2. The molecule has 146 valence electrons. The zero-order valence-corrected chi connectivity index (χ0v) is 16.8. The molecule has 1 aromatic rings. The molecule has 0 saturated carbocycles. The van der Waals surface area contributed by atoms with E-state index in [9.17, 15) is 8.42 Å². The molecule has 0 amide bonds. The van der Waals surface area contributed by atoms with E-state index in [4.69, 9.17) is 16.3 Å². The summed E-state index contributed by atoms with van der Waals surface area (Å²) in [7, 11) is -1.31. The molecule has 2 fully saturated rings. The van der Waals surface area contributed by atoms with Crippen LogP contribution in [0.3, 0.4) is 0 Å². The molecule has 3 rings (SSSR count). The largest absolute Gasteiger partial charge is 0.492 e. The summed E-state index contributed by atoms with van der Waals surface area (Å²) in [4.78, 5) is 4.40. The summed E-state index contributed by atoms with van der Waals surface area (Å²) in [5, 5.41) is 0.690. The highest BCUT2D eigenvalue weighted by Crippen LogP contribution is 2.16. The third-order valence-electron chi connectivity index (χ3n) is 4.94. The van der Waals surface area contributed by atoms with Crippen LogP contribution in [0.1, 0.15) is 0 Å². The average Bonchev–Trinajstić information content (AvgIpc) is 2.64. The lowest BCUT2D eigenvalue weighted by atomic mass is 10.3. The minimum absolute atomic E-state index is 0.537. The fourth-order valence-corrected chi connectivity index (χ4v) is 4.89. The predicted octanol–water partition coefficient (Wildman–Crippen LogP) is 0.829. The molecule has 0 spiro atoms. The summed E-state index contributed by atoms with van der Waals surface area (Å²) in [5.74, 6) is 0.797. The van der Waals surface area contributed by atoms with Crippen LogP contribution in [0.4, 0.5) is 0 Å². The summed E-state index contributed by atoms with van der Waals surface area (Å²) >= 11 is 5.86. The van der Waals surface area contributed by atoms with Gasteiger partial charge < -0.3 is 9.64 Å². The summed E-state index contributed by atoms with van der Waals surface area (Å²) in [6.07, 6.45) is 0. The van der Waals surface area contributed by atoms with E-state index in [0.717, 1.165) is 38.5 Å². The van der Waals surface area contributed by atoms with Gasteiger partial charge in [0.25, 0.3) is 10.2 Å². The second-order valence-corrected chi connectivity index (χ2v) is 9.12. The van der Waals surface area contributed by atoms with Crippen LogP contribution in [-0.2, 0) is 10.2 Å². The standard InChI is InChI=1S/C17H27ClN4O3S/c1-19-6-10-21(11-7-19)26(23,24)22-12-8-20(9-13-22)14-15-25-17-4-2-16(18)3-5-17/h2-5H,6-15H2,1H3. The number of hydrogen-bond acceptors (Lipinski definition) is 5. The van der Waals surface area contributed by atoms with Gasteiger partial charge in [-0.25, -0.2) is 0 Å². The van der Waals surface area contributed by atoms with Crippen molar-refractivity contribution in [3.63, 3.8) is 0 Å². The first kappa shape index (κ1) is 19.9. The van der Waals surface area contributed by atoms with E-state index < -0.39 is 10.2 Å². The molecular formula is C17H27ClN4O3S. The fourth-order valence-electron chi connectivity index (χ4n) is 3.19. The summed E-state index contributed by atoms with van der Waals surface area (Å²) < 4.78 is 34.5. The Labute approximate surface area is 161 Å². The van der Waals surface area contributed by atoms with Gasteiger partial charge in [0.05, 0.1) is 0 Å². The van der Waals surface area contributed by atoms with E-state index in [0.29, 0.717) is 37.8 Å². The predicted molar refractivity (Wildman–Crippen MR) is 103 cm³/mol. The van der Waals surface area contributed by atoms with Crippen molar-refractivity contribution < 1.29 is 13.2 Å². The Morgan fingerprint density at radius 2 is 1.46 bits per heavy atom. The third-order valence-corrected chi connectivity index (χ3v) is 7.22. The molecule has 0 radical (unpaired) electrons. The maximum absolute atomic E-state index is 12.8. The zero-order chi connectivity index (χ0) is 18.6. The van der Waals surface area contributed by atoms with Crippen molar-refractivity contribution in [3.8, 4) is 5.75 Å². The Kier molecular flexibility index (Phi) is 6.76. The highest BCUT2D eigenvalue weighted by Gasteiger charge is 2.33. The molecule has 26 heavy (non-hydrogen) atoms. The molecule has 2 aliphatic rings. The summed E-state index contributed by atoms with van der Waals surface area (Å²) in [5.41, 5.74) is 0. The van der Waals surface area contributed by atoms with Gasteiger partial charge in [0, 0.05) is 63.9 Å². The van der Waals surface area contributed by atoms with Crippen LogP contribution in [0, 0.1) is 0 Å². The molecule has 0 bridgehead atoms. The van der Waals surface area contributed by atoms with Crippen molar-refractivity contribution >= 4 is 21.8 Å². The highest BCUT2D eigenvalue weighted by atomic mass is 35.5. The van der Waals surface area contributed by atoms with Crippen LogP contribution in [-0.4, -0.2) is 99.4 Å². The number of ether oxygens (including phenoxy) is 1. The number of halogens is 1. The number of rotatable bonds is 6. The highest BCUT2D eigenvalue weighted by molar-refractivity contribution is 7.86. The number of piperazine rings is 2. The van der Waals surface area contributed by atoms with Crippen LogP contribution in [0.25, 0.3) is 0 Å². The van der Waals surface area contributed by atoms with E-state index in [-0.39, 0.29) is 0 Å².